The van der Waals surface area contributed by atoms with Gasteiger partial charge in [-0.3, -0.25) is 4.79 Å². The van der Waals surface area contributed by atoms with E-state index < -0.39 is 12.6 Å². The lowest BCUT2D eigenvalue weighted by molar-refractivity contribution is -0.143. The van der Waals surface area contributed by atoms with Gasteiger partial charge in [0.2, 0.25) is 5.91 Å². The van der Waals surface area contributed by atoms with Crippen molar-refractivity contribution in [1.29, 1.82) is 0 Å². The molecule has 10 nitrogen and oxygen atoms in total. The average Bonchev–Trinajstić information content (AvgIpc) is 2.58. The summed E-state index contributed by atoms with van der Waals surface area (Å²) in [6, 6.07) is 0. The van der Waals surface area contributed by atoms with Gasteiger partial charge in [0.25, 0.3) is 0 Å². The molecule has 0 rings (SSSR count). The van der Waals surface area contributed by atoms with Gasteiger partial charge in [-0.05, 0) is 0 Å². The summed E-state index contributed by atoms with van der Waals surface area (Å²) in [5, 5.41) is 10.9. The SMILES string of the molecule is COCCOCCOCCOCCOCCNC(=O)COCC(=O)O. The van der Waals surface area contributed by atoms with E-state index in [1.165, 1.54) is 0 Å². The summed E-state index contributed by atoms with van der Waals surface area (Å²) in [6.07, 6.45) is 0. The highest BCUT2D eigenvalue weighted by Crippen LogP contribution is 1.83. The zero-order valence-electron chi connectivity index (χ0n) is 14.7. The minimum Gasteiger partial charge on any atom is -0.480 e. The largest absolute Gasteiger partial charge is 0.480 e. The molecule has 0 aromatic heterocycles. The van der Waals surface area contributed by atoms with Crippen molar-refractivity contribution in [3.05, 3.63) is 0 Å². The van der Waals surface area contributed by atoms with Crippen LogP contribution in [0.15, 0.2) is 0 Å². The first-order valence-corrected chi connectivity index (χ1v) is 8.03. The Bertz CT molecular complexity index is 328. The van der Waals surface area contributed by atoms with Gasteiger partial charge in [-0.2, -0.15) is 0 Å². The van der Waals surface area contributed by atoms with Crippen molar-refractivity contribution in [1.82, 2.24) is 5.32 Å². The second-order valence-electron chi connectivity index (χ2n) is 4.68. The van der Waals surface area contributed by atoms with E-state index in [0.717, 1.165) is 0 Å². The molecule has 2 N–H and O–H groups in total. The van der Waals surface area contributed by atoms with Crippen molar-refractivity contribution in [3.63, 3.8) is 0 Å². The number of carboxylic acids is 1. The zero-order valence-corrected chi connectivity index (χ0v) is 14.7. The molecule has 0 aromatic rings. The second kappa shape index (κ2) is 19.0. The van der Waals surface area contributed by atoms with Crippen LogP contribution in [-0.2, 0) is 38.0 Å². The van der Waals surface area contributed by atoms with E-state index in [1.54, 1.807) is 7.11 Å². The molecule has 0 saturated heterocycles. The molecule has 0 saturated carbocycles. The van der Waals surface area contributed by atoms with Crippen LogP contribution in [-0.4, -0.2) is 103 Å². The molecular formula is C15H29NO9. The predicted molar refractivity (Wildman–Crippen MR) is 86.6 cm³/mol. The van der Waals surface area contributed by atoms with Crippen LogP contribution in [0.3, 0.4) is 0 Å². The highest BCUT2D eigenvalue weighted by atomic mass is 16.6. The third-order valence-corrected chi connectivity index (χ3v) is 2.58. The van der Waals surface area contributed by atoms with Crippen molar-refractivity contribution in [2.75, 3.05) is 86.3 Å². The lowest BCUT2D eigenvalue weighted by Gasteiger charge is -2.08. The van der Waals surface area contributed by atoms with Crippen molar-refractivity contribution < 1.29 is 43.1 Å². The Morgan fingerprint density at radius 3 is 1.68 bits per heavy atom. The van der Waals surface area contributed by atoms with Gasteiger partial charge in [0.05, 0.1) is 59.5 Å². The molecule has 0 aromatic carbocycles. The fourth-order valence-corrected chi connectivity index (χ4v) is 1.45. The number of hydrogen-bond acceptors (Lipinski definition) is 8. The van der Waals surface area contributed by atoms with Crippen LogP contribution in [0.1, 0.15) is 0 Å². The lowest BCUT2D eigenvalue weighted by Crippen LogP contribution is -2.31. The van der Waals surface area contributed by atoms with Gasteiger partial charge in [0, 0.05) is 13.7 Å². The maximum atomic E-state index is 11.2. The molecule has 0 aliphatic carbocycles. The number of methoxy groups -OCH3 is 1. The first kappa shape index (κ1) is 23.7. The first-order valence-electron chi connectivity index (χ1n) is 8.03. The van der Waals surface area contributed by atoms with Gasteiger partial charge in [-0.1, -0.05) is 0 Å². The molecule has 0 unspecified atom stereocenters. The lowest BCUT2D eigenvalue weighted by atomic mass is 10.6. The maximum Gasteiger partial charge on any atom is 0.329 e. The number of hydrogen-bond donors (Lipinski definition) is 2. The van der Waals surface area contributed by atoms with E-state index in [4.69, 9.17) is 28.8 Å². The molecule has 25 heavy (non-hydrogen) atoms. The van der Waals surface area contributed by atoms with Gasteiger partial charge >= 0.3 is 5.97 Å². The summed E-state index contributed by atoms with van der Waals surface area (Å²) in [5.74, 6) is -1.50. The summed E-state index contributed by atoms with van der Waals surface area (Å²) >= 11 is 0. The number of nitrogens with one attached hydrogen (secondary N) is 1. The summed E-state index contributed by atoms with van der Waals surface area (Å²) in [5.41, 5.74) is 0. The molecule has 0 aliphatic rings. The molecule has 0 spiro atoms. The highest BCUT2D eigenvalue weighted by Gasteiger charge is 2.02. The number of rotatable bonds is 19. The smallest absolute Gasteiger partial charge is 0.329 e. The Hall–Kier alpha value is -1.30. The number of ether oxygens (including phenoxy) is 6. The van der Waals surface area contributed by atoms with Crippen molar-refractivity contribution >= 4 is 11.9 Å². The third kappa shape index (κ3) is 20.7. The van der Waals surface area contributed by atoms with Crippen molar-refractivity contribution in [3.8, 4) is 0 Å². The summed E-state index contributed by atoms with van der Waals surface area (Å²) in [6.45, 7) is 3.85. The molecule has 10 heteroatoms. The van der Waals surface area contributed by atoms with Crippen LogP contribution in [0.25, 0.3) is 0 Å². The molecule has 0 radical (unpaired) electrons. The molecular weight excluding hydrogens is 338 g/mol. The predicted octanol–water partition coefficient (Wildman–Crippen LogP) is -1.08. The van der Waals surface area contributed by atoms with E-state index in [1.807, 2.05) is 0 Å². The number of amides is 1. The Morgan fingerprint density at radius 2 is 1.20 bits per heavy atom. The number of carbonyl (C=O) groups is 2. The zero-order chi connectivity index (χ0) is 18.6. The summed E-state index contributed by atoms with van der Waals surface area (Å²) in [7, 11) is 1.62. The summed E-state index contributed by atoms with van der Waals surface area (Å²) < 4.78 is 30.6. The van der Waals surface area contributed by atoms with Crippen LogP contribution in [0.4, 0.5) is 0 Å². The monoisotopic (exact) mass is 367 g/mol. The van der Waals surface area contributed by atoms with E-state index >= 15 is 0 Å². The van der Waals surface area contributed by atoms with Crippen molar-refractivity contribution in [2.45, 2.75) is 0 Å². The van der Waals surface area contributed by atoms with Gasteiger partial charge < -0.3 is 38.8 Å². The Morgan fingerprint density at radius 1 is 0.720 bits per heavy atom. The van der Waals surface area contributed by atoms with Crippen molar-refractivity contribution in [2.24, 2.45) is 0 Å². The Balaban J connectivity index is 3.11. The fourth-order valence-electron chi connectivity index (χ4n) is 1.45. The minimum absolute atomic E-state index is 0.285. The highest BCUT2D eigenvalue weighted by molar-refractivity contribution is 5.77. The Labute approximate surface area is 147 Å². The van der Waals surface area contributed by atoms with Crippen LogP contribution in [0.5, 0.6) is 0 Å². The van der Waals surface area contributed by atoms with Crippen LogP contribution < -0.4 is 5.32 Å². The summed E-state index contributed by atoms with van der Waals surface area (Å²) in [4.78, 5) is 21.4. The molecule has 0 fully saturated rings. The second-order valence-corrected chi connectivity index (χ2v) is 4.68. The van der Waals surface area contributed by atoms with Gasteiger partial charge in [0.1, 0.15) is 13.2 Å². The van der Waals surface area contributed by atoms with E-state index in [0.29, 0.717) is 66.0 Å². The standard InChI is InChI=1S/C15H29NO9/c1-20-4-5-22-8-9-24-11-10-23-7-6-21-3-2-16-14(17)12-25-13-15(18)19/h2-13H2,1H3,(H,16,17)(H,18,19). The maximum absolute atomic E-state index is 11.2. The van der Waals surface area contributed by atoms with Gasteiger partial charge in [-0.15, -0.1) is 0 Å². The third-order valence-electron chi connectivity index (χ3n) is 2.58. The molecule has 0 bridgehead atoms. The minimum atomic E-state index is -1.11. The molecule has 0 heterocycles. The Kier molecular flexibility index (Phi) is 18.0. The molecule has 1 amide bonds. The average molecular weight is 367 g/mol. The van der Waals surface area contributed by atoms with Gasteiger partial charge in [0.15, 0.2) is 0 Å². The van der Waals surface area contributed by atoms with Crippen LogP contribution in [0.2, 0.25) is 0 Å². The quantitative estimate of drug-likeness (QED) is 0.274. The first-order chi connectivity index (χ1) is 12.2. The van der Waals surface area contributed by atoms with E-state index in [2.05, 4.69) is 10.1 Å². The van der Waals surface area contributed by atoms with Crippen LogP contribution >= 0.6 is 0 Å². The van der Waals surface area contributed by atoms with E-state index in [-0.39, 0.29) is 12.5 Å². The number of carboxylic acid groups (broad SMARTS) is 1. The number of carbonyl (C=O) groups excluding carboxylic acids is 1. The van der Waals surface area contributed by atoms with Gasteiger partial charge in [-0.25, -0.2) is 4.79 Å². The molecule has 148 valence electrons. The van der Waals surface area contributed by atoms with Crippen LogP contribution in [0, 0.1) is 0 Å². The molecule has 0 atom stereocenters. The fraction of sp³-hybridized carbons (Fsp3) is 0.867. The normalized spacial score (nSPS) is 10.8. The van der Waals surface area contributed by atoms with E-state index in [9.17, 15) is 9.59 Å². The topological polar surface area (TPSA) is 122 Å². The molecule has 0 aliphatic heterocycles. The number of aliphatic carboxylic acids is 1.